The highest BCUT2D eigenvalue weighted by Gasteiger charge is 2.08. The van der Waals surface area contributed by atoms with Gasteiger partial charge in [-0.25, -0.2) is 0 Å². The number of benzene rings is 3. The lowest BCUT2D eigenvalue weighted by atomic mass is 10.1. The van der Waals surface area contributed by atoms with Crippen molar-refractivity contribution in [2.45, 2.75) is 0 Å². The molecular weight excluding hydrogens is 384 g/mol. The summed E-state index contributed by atoms with van der Waals surface area (Å²) in [5.74, 6) is -0.252. The van der Waals surface area contributed by atoms with Gasteiger partial charge < -0.3 is 4.74 Å². The Hall–Kier alpha value is -2.86. The third-order valence-corrected chi connectivity index (χ3v) is 4.04. The van der Waals surface area contributed by atoms with Crippen LogP contribution in [0.1, 0.15) is 10.4 Å². The van der Waals surface area contributed by atoms with Crippen LogP contribution < -0.4 is 15.6 Å². The fourth-order valence-corrected chi connectivity index (χ4v) is 2.51. The molecule has 0 aliphatic heterocycles. The molecule has 0 fully saturated rings. The van der Waals surface area contributed by atoms with Crippen molar-refractivity contribution in [1.29, 1.82) is 0 Å². The first-order chi connectivity index (χ1) is 12.1. The highest BCUT2D eigenvalue weighted by molar-refractivity contribution is 9.10. The standard InChI is InChI=1S/C19H15BrN2O3/c20-16-8-5-14(6-9-16)19(24)22-21-18(23)12-25-17-10-7-13-3-1-2-4-15(13)11-17/h1-11H,12H2,(H,21,23)(H,22,24). The van der Waals surface area contributed by atoms with E-state index in [-0.39, 0.29) is 6.61 Å². The molecule has 2 N–H and O–H groups in total. The Bertz CT molecular complexity index is 910. The minimum Gasteiger partial charge on any atom is -0.484 e. The maximum atomic E-state index is 11.9. The number of nitrogens with one attached hydrogen (secondary N) is 2. The second-order valence-electron chi connectivity index (χ2n) is 5.31. The zero-order valence-corrected chi connectivity index (χ0v) is 14.7. The summed E-state index contributed by atoms with van der Waals surface area (Å²) in [4.78, 5) is 23.7. The van der Waals surface area contributed by atoms with Crippen LogP contribution in [0.5, 0.6) is 5.75 Å². The van der Waals surface area contributed by atoms with Gasteiger partial charge in [0.15, 0.2) is 6.61 Å². The van der Waals surface area contributed by atoms with Crippen LogP contribution in [-0.4, -0.2) is 18.4 Å². The van der Waals surface area contributed by atoms with Gasteiger partial charge in [0.2, 0.25) is 0 Å². The number of hydrogen-bond acceptors (Lipinski definition) is 3. The molecule has 25 heavy (non-hydrogen) atoms. The third-order valence-electron chi connectivity index (χ3n) is 3.51. The van der Waals surface area contributed by atoms with E-state index in [1.807, 2.05) is 36.4 Å². The van der Waals surface area contributed by atoms with E-state index in [9.17, 15) is 9.59 Å². The van der Waals surface area contributed by atoms with Crippen molar-refractivity contribution in [3.63, 3.8) is 0 Å². The quantitative estimate of drug-likeness (QED) is 0.661. The summed E-state index contributed by atoms with van der Waals surface area (Å²) in [6.45, 7) is -0.195. The normalized spacial score (nSPS) is 10.3. The molecule has 0 heterocycles. The smallest absolute Gasteiger partial charge is 0.276 e. The molecule has 3 aromatic rings. The van der Waals surface area contributed by atoms with Crippen LogP contribution in [0.4, 0.5) is 0 Å². The maximum Gasteiger partial charge on any atom is 0.276 e. The van der Waals surface area contributed by atoms with Crippen LogP contribution in [0, 0.1) is 0 Å². The van der Waals surface area contributed by atoms with E-state index in [2.05, 4.69) is 26.8 Å². The summed E-state index contributed by atoms with van der Waals surface area (Å²) in [6, 6.07) is 20.3. The molecule has 0 aliphatic carbocycles. The SMILES string of the molecule is O=C(COc1ccc2ccccc2c1)NNC(=O)c1ccc(Br)cc1. The van der Waals surface area contributed by atoms with Crippen LogP contribution in [0.3, 0.4) is 0 Å². The van der Waals surface area contributed by atoms with Gasteiger partial charge in [0.1, 0.15) is 5.75 Å². The average molecular weight is 399 g/mol. The van der Waals surface area contributed by atoms with Crippen molar-refractivity contribution in [3.05, 3.63) is 76.8 Å². The Balaban J connectivity index is 1.50. The Kier molecular flexibility index (Phi) is 5.30. The predicted octanol–water partition coefficient (Wildman–Crippen LogP) is 3.44. The second kappa shape index (κ2) is 7.81. The van der Waals surface area contributed by atoms with Gasteiger partial charge in [0.05, 0.1) is 0 Å². The van der Waals surface area contributed by atoms with Gasteiger partial charge in [-0.15, -0.1) is 0 Å². The molecule has 0 spiro atoms. The van der Waals surface area contributed by atoms with E-state index in [4.69, 9.17) is 4.74 Å². The zero-order valence-electron chi connectivity index (χ0n) is 13.2. The lowest BCUT2D eigenvalue weighted by Crippen LogP contribution is -2.43. The highest BCUT2D eigenvalue weighted by Crippen LogP contribution is 2.20. The van der Waals surface area contributed by atoms with Crippen molar-refractivity contribution < 1.29 is 14.3 Å². The van der Waals surface area contributed by atoms with Gasteiger partial charge in [0.25, 0.3) is 11.8 Å². The molecule has 0 saturated carbocycles. The lowest BCUT2D eigenvalue weighted by molar-refractivity contribution is -0.123. The molecule has 0 aromatic heterocycles. The summed E-state index contributed by atoms with van der Waals surface area (Å²) >= 11 is 3.30. The Labute approximate surface area is 153 Å². The number of rotatable bonds is 4. The summed E-state index contributed by atoms with van der Waals surface area (Å²) in [5, 5.41) is 2.13. The molecule has 0 aliphatic rings. The van der Waals surface area contributed by atoms with Gasteiger partial charge >= 0.3 is 0 Å². The Morgan fingerprint density at radius 3 is 2.36 bits per heavy atom. The van der Waals surface area contributed by atoms with E-state index in [0.29, 0.717) is 11.3 Å². The van der Waals surface area contributed by atoms with Gasteiger partial charge in [-0.1, -0.05) is 46.3 Å². The topological polar surface area (TPSA) is 67.4 Å². The summed E-state index contributed by atoms with van der Waals surface area (Å²) in [6.07, 6.45) is 0. The second-order valence-corrected chi connectivity index (χ2v) is 6.22. The number of fused-ring (bicyclic) bond motifs is 1. The average Bonchev–Trinajstić information content (AvgIpc) is 2.65. The first-order valence-corrected chi connectivity index (χ1v) is 8.37. The van der Waals surface area contributed by atoms with Gasteiger partial charge in [-0.2, -0.15) is 0 Å². The number of ether oxygens (including phenoxy) is 1. The van der Waals surface area contributed by atoms with E-state index in [0.717, 1.165) is 15.2 Å². The number of halogens is 1. The van der Waals surface area contributed by atoms with Crippen molar-refractivity contribution in [3.8, 4) is 5.75 Å². The number of carbonyl (C=O) groups is 2. The number of amides is 2. The molecule has 0 radical (unpaired) electrons. The van der Waals surface area contributed by atoms with Crippen LogP contribution >= 0.6 is 15.9 Å². The van der Waals surface area contributed by atoms with Crippen LogP contribution in [-0.2, 0) is 4.79 Å². The first kappa shape index (κ1) is 17.0. The molecule has 0 atom stereocenters. The van der Waals surface area contributed by atoms with Crippen molar-refractivity contribution >= 4 is 38.5 Å². The van der Waals surface area contributed by atoms with E-state index in [1.54, 1.807) is 30.3 Å². The van der Waals surface area contributed by atoms with Crippen molar-refractivity contribution in [2.24, 2.45) is 0 Å². The molecular formula is C19H15BrN2O3. The van der Waals surface area contributed by atoms with Gasteiger partial charge in [-0.3, -0.25) is 20.4 Å². The fraction of sp³-hybridized carbons (Fsp3) is 0.0526. The molecule has 0 saturated heterocycles. The van der Waals surface area contributed by atoms with Gasteiger partial charge in [-0.05, 0) is 47.2 Å². The minimum absolute atomic E-state index is 0.195. The summed E-state index contributed by atoms with van der Waals surface area (Å²) in [5.41, 5.74) is 5.12. The number of hydrogen-bond donors (Lipinski definition) is 2. The largest absolute Gasteiger partial charge is 0.484 e. The maximum absolute atomic E-state index is 11.9. The Morgan fingerprint density at radius 1 is 0.880 bits per heavy atom. The lowest BCUT2D eigenvalue weighted by Gasteiger charge is -2.09. The molecule has 0 bridgehead atoms. The third kappa shape index (κ3) is 4.58. The fourth-order valence-electron chi connectivity index (χ4n) is 2.24. The molecule has 126 valence electrons. The number of hydrazine groups is 1. The van der Waals surface area contributed by atoms with Crippen molar-refractivity contribution in [2.75, 3.05) is 6.61 Å². The summed E-state index contributed by atoms with van der Waals surface area (Å²) in [7, 11) is 0. The van der Waals surface area contributed by atoms with E-state index < -0.39 is 11.8 Å². The van der Waals surface area contributed by atoms with Crippen molar-refractivity contribution in [1.82, 2.24) is 10.9 Å². The Morgan fingerprint density at radius 2 is 1.60 bits per heavy atom. The van der Waals surface area contributed by atoms with Gasteiger partial charge in [0, 0.05) is 10.0 Å². The predicted molar refractivity (Wildman–Crippen MR) is 99.2 cm³/mol. The molecule has 0 unspecified atom stereocenters. The minimum atomic E-state index is -0.446. The van der Waals surface area contributed by atoms with Crippen LogP contribution in [0.15, 0.2) is 71.2 Å². The molecule has 2 amide bonds. The highest BCUT2D eigenvalue weighted by atomic mass is 79.9. The van der Waals surface area contributed by atoms with Crippen LogP contribution in [0.25, 0.3) is 10.8 Å². The monoisotopic (exact) mass is 398 g/mol. The first-order valence-electron chi connectivity index (χ1n) is 7.58. The molecule has 3 rings (SSSR count). The molecule has 3 aromatic carbocycles. The molecule has 6 heteroatoms. The van der Waals surface area contributed by atoms with E-state index >= 15 is 0 Å². The molecule has 5 nitrogen and oxygen atoms in total. The zero-order chi connectivity index (χ0) is 17.6. The number of carbonyl (C=O) groups excluding carboxylic acids is 2. The summed E-state index contributed by atoms with van der Waals surface area (Å²) < 4.78 is 6.33. The van der Waals surface area contributed by atoms with E-state index in [1.165, 1.54) is 0 Å². The van der Waals surface area contributed by atoms with Crippen LogP contribution in [0.2, 0.25) is 0 Å².